The van der Waals surface area contributed by atoms with Crippen LogP contribution in [0, 0.1) is 5.95 Å². The number of hydrogen-bond donors (Lipinski definition) is 1. The summed E-state index contributed by atoms with van der Waals surface area (Å²) in [7, 11) is 0. The molecule has 0 aromatic carbocycles. The van der Waals surface area contributed by atoms with Crippen molar-refractivity contribution < 1.29 is 27.1 Å². The number of carbonyl (C=O) groups excluding carboxylic acids is 1. The van der Waals surface area contributed by atoms with E-state index in [2.05, 4.69) is 9.72 Å². The maximum atomic E-state index is 13.0. The number of imidazole rings is 1. The maximum absolute atomic E-state index is 13.0. The highest BCUT2D eigenvalue weighted by molar-refractivity contribution is 5.81. The van der Waals surface area contributed by atoms with Crippen LogP contribution in [0.3, 0.4) is 0 Å². The van der Waals surface area contributed by atoms with E-state index in [9.17, 15) is 22.4 Å². The van der Waals surface area contributed by atoms with Crippen molar-refractivity contribution >= 4 is 5.97 Å². The quantitative estimate of drug-likeness (QED) is 0.649. The number of hydrogen-bond acceptors (Lipinski definition) is 4. The monoisotopic (exact) mass is 269 g/mol. The third-order valence-electron chi connectivity index (χ3n) is 2.23. The number of aromatic nitrogens is 2. The molecule has 0 radical (unpaired) electrons. The Bertz CT molecular complexity index is 432. The standard InChI is InChI=1S/C9H11F4N3O2/c1-2-18-7(17)8(14,9(11,12)13)4-16-5-15-3-6(16)10/h3,5H,2,4,14H2,1H3. The molecule has 0 aliphatic carbocycles. The van der Waals surface area contributed by atoms with Crippen molar-refractivity contribution in [2.24, 2.45) is 5.73 Å². The summed E-state index contributed by atoms with van der Waals surface area (Å²) < 4.78 is 56.3. The number of nitrogens with two attached hydrogens (primary N) is 1. The third-order valence-corrected chi connectivity index (χ3v) is 2.23. The molecule has 0 saturated carbocycles. The Morgan fingerprint density at radius 3 is 2.56 bits per heavy atom. The lowest BCUT2D eigenvalue weighted by Crippen LogP contribution is -2.62. The first kappa shape index (κ1) is 14.4. The van der Waals surface area contributed by atoms with Gasteiger partial charge < -0.3 is 15.0 Å². The van der Waals surface area contributed by atoms with Crippen LogP contribution in [0.25, 0.3) is 0 Å². The second-order valence-electron chi connectivity index (χ2n) is 3.53. The Labute approximate surface area is 99.5 Å². The van der Waals surface area contributed by atoms with Gasteiger partial charge in [0.25, 0.3) is 0 Å². The molecule has 1 unspecified atom stereocenters. The maximum Gasteiger partial charge on any atom is 0.419 e. The first-order valence-corrected chi connectivity index (χ1v) is 4.91. The van der Waals surface area contributed by atoms with Gasteiger partial charge in [0.05, 0.1) is 25.7 Å². The first-order valence-electron chi connectivity index (χ1n) is 4.91. The molecule has 0 bridgehead atoms. The zero-order chi connectivity index (χ0) is 14.0. The molecular formula is C9H11F4N3O2. The smallest absolute Gasteiger partial charge is 0.419 e. The van der Waals surface area contributed by atoms with Crippen LogP contribution >= 0.6 is 0 Å². The largest absolute Gasteiger partial charge is 0.464 e. The lowest BCUT2D eigenvalue weighted by molar-refractivity contribution is -0.208. The second kappa shape index (κ2) is 4.92. The number of alkyl halides is 3. The number of ether oxygens (including phenoxy) is 1. The number of rotatable bonds is 4. The van der Waals surface area contributed by atoms with E-state index in [4.69, 9.17) is 5.73 Å². The highest BCUT2D eigenvalue weighted by Crippen LogP contribution is 2.31. The Morgan fingerprint density at radius 2 is 2.17 bits per heavy atom. The third kappa shape index (κ3) is 2.61. The summed E-state index contributed by atoms with van der Waals surface area (Å²) in [4.78, 5) is 14.6. The minimum absolute atomic E-state index is 0.264. The lowest BCUT2D eigenvalue weighted by Gasteiger charge is -2.29. The van der Waals surface area contributed by atoms with Crippen molar-refractivity contribution in [2.45, 2.75) is 25.2 Å². The van der Waals surface area contributed by atoms with Crippen LogP contribution in [-0.4, -0.2) is 33.8 Å². The highest BCUT2D eigenvalue weighted by Gasteiger charge is 2.59. The van der Waals surface area contributed by atoms with Crippen molar-refractivity contribution in [1.82, 2.24) is 9.55 Å². The van der Waals surface area contributed by atoms with Gasteiger partial charge in [-0.1, -0.05) is 0 Å². The molecule has 102 valence electrons. The molecule has 0 spiro atoms. The summed E-state index contributed by atoms with van der Waals surface area (Å²) in [5.74, 6) is -2.69. The second-order valence-corrected chi connectivity index (χ2v) is 3.53. The van der Waals surface area contributed by atoms with Gasteiger partial charge in [0.1, 0.15) is 0 Å². The molecule has 0 saturated heterocycles. The van der Waals surface area contributed by atoms with Crippen LogP contribution in [0.4, 0.5) is 17.6 Å². The minimum atomic E-state index is -5.07. The molecular weight excluding hydrogens is 258 g/mol. The van der Waals surface area contributed by atoms with Gasteiger partial charge in [-0.25, -0.2) is 9.78 Å². The minimum Gasteiger partial charge on any atom is -0.464 e. The molecule has 18 heavy (non-hydrogen) atoms. The number of carbonyl (C=O) groups is 1. The molecule has 1 rings (SSSR count). The van der Waals surface area contributed by atoms with E-state index < -0.39 is 30.2 Å². The van der Waals surface area contributed by atoms with Crippen LogP contribution in [-0.2, 0) is 16.1 Å². The fraction of sp³-hybridized carbons (Fsp3) is 0.556. The molecule has 0 aliphatic rings. The summed E-state index contributed by atoms with van der Waals surface area (Å²) in [5, 5.41) is 0. The summed E-state index contributed by atoms with van der Waals surface area (Å²) in [6.07, 6.45) is -3.56. The van der Waals surface area contributed by atoms with Gasteiger partial charge in [0.15, 0.2) is 0 Å². The van der Waals surface area contributed by atoms with E-state index in [1.807, 2.05) is 0 Å². The average molecular weight is 269 g/mol. The molecule has 1 heterocycles. The zero-order valence-electron chi connectivity index (χ0n) is 9.37. The van der Waals surface area contributed by atoms with Gasteiger partial charge in [-0.2, -0.15) is 17.6 Å². The van der Waals surface area contributed by atoms with Gasteiger partial charge >= 0.3 is 12.1 Å². The average Bonchev–Trinajstić information content (AvgIpc) is 2.63. The lowest BCUT2D eigenvalue weighted by atomic mass is 10.0. The summed E-state index contributed by atoms with van der Waals surface area (Å²) in [5.41, 5.74) is 1.74. The van der Waals surface area contributed by atoms with Crippen LogP contribution in [0.15, 0.2) is 12.5 Å². The first-order chi connectivity index (χ1) is 8.22. The van der Waals surface area contributed by atoms with Crippen LogP contribution < -0.4 is 5.73 Å². The normalized spacial score (nSPS) is 15.2. The topological polar surface area (TPSA) is 70.1 Å². The van der Waals surface area contributed by atoms with Crippen molar-refractivity contribution in [3.8, 4) is 0 Å². The molecule has 0 fully saturated rings. The van der Waals surface area contributed by atoms with Crippen molar-refractivity contribution in [3.05, 3.63) is 18.5 Å². The van der Waals surface area contributed by atoms with E-state index in [0.29, 0.717) is 10.8 Å². The summed E-state index contributed by atoms with van der Waals surface area (Å²) in [6, 6.07) is 0. The van der Waals surface area contributed by atoms with Crippen molar-refractivity contribution in [1.29, 1.82) is 0 Å². The van der Waals surface area contributed by atoms with Gasteiger partial charge in [0.2, 0.25) is 11.5 Å². The Kier molecular flexibility index (Phi) is 3.95. The zero-order valence-corrected chi connectivity index (χ0v) is 9.37. The van der Waals surface area contributed by atoms with Crippen molar-refractivity contribution in [3.63, 3.8) is 0 Å². The van der Waals surface area contributed by atoms with Gasteiger partial charge in [0, 0.05) is 0 Å². The molecule has 1 aromatic rings. The number of halogens is 4. The Hall–Kier alpha value is -1.64. The predicted molar refractivity (Wildman–Crippen MR) is 51.8 cm³/mol. The van der Waals surface area contributed by atoms with E-state index >= 15 is 0 Å². The van der Waals surface area contributed by atoms with E-state index in [1.165, 1.54) is 6.92 Å². The summed E-state index contributed by atoms with van der Waals surface area (Å²) in [6.45, 7) is -0.0616. The SMILES string of the molecule is CCOC(=O)C(N)(Cn1cncc1F)C(F)(F)F. The Balaban J connectivity index is 3.06. The summed E-state index contributed by atoms with van der Waals surface area (Å²) >= 11 is 0. The van der Waals surface area contributed by atoms with E-state index in [0.717, 1.165) is 6.33 Å². The molecule has 2 N–H and O–H groups in total. The van der Waals surface area contributed by atoms with Crippen LogP contribution in [0.1, 0.15) is 6.92 Å². The molecule has 9 heteroatoms. The fourth-order valence-electron chi connectivity index (χ4n) is 1.22. The molecule has 0 amide bonds. The van der Waals surface area contributed by atoms with E-state index in [-0.39, 0.29) is 6.61 Å². The fourth-order valence-corrected chi connectivity index (χ4v) is 1.22. The van der Waals surface area contributed by atoms with Gasteiger partial charge in [-0.3, -0.25) is 0 Å². The van der Waals surface area contributed by atoms with Crippen molar-refractivity contribution in [2.75, 3.05) is 6.61 Å². The Morgan fingerprint density at radius 1 is 1.56 bits per heavy atom. The van der Waals surface area contributed by atoms with Crippen LogP contribution in [0.2, 0.25) is 0 Å². The predicted octanol–water partition coefficient (Wildman–Crippen LogP) is 0.845. The molecule has 5 nitrogen and oxygen atoms in total. The molecule has 1 aromatic heterocycles. The van der Waals surface area contributed by atoms with Gasteiger partial charge in [-0.15, -0.1) is 0 Å². The molecule has 0 aliphatic heterocycles. The molecule has 1 atom stereocenters. The highest BCUT2D eigenvalue weighted by atomic mass is 19.4. The number of esters is 1. The number of nitrogens with zero attached hydrogens (tertiary/aromatic N) is 2. The van der Waals surface area contributed by atoms with Crippen LogP contribution in [0.5, 0.6) is 0 Å². The van der Waals surface area contributed by atoms with E-state index in [1.54, 1.807) is 0 Å². The van der Waals surface area contributed by atoms with Gasteiger partial charge in [-0.05, 0) is 6.92 Å².